The number of ether oxygens (including phenoxy) is 3. The van der Waals surface area contributed by atoms with Crippen molar-refractivity contribution in [3.63, 3.8) is 0 Å². The molecule has 0 saturated carbocycles. The summed E-state index contributed by atoms with van der Waals surface area (Å²) in [6, 6.07) is 2.49. The lowest BCUT2D eigenvalue weighted by Gasteiger charge is -2.33. The van der Waals surface area contributed by atoms with Gasteiger partial charge in [0.15, 0.2) is 11.5 Å². The minimum Gasteiger partial charge on any atom is -0.490 e. The number of carbonyl (C=O) groups is 2. The summed E-state index contributed by atoms with van der Waals surface area (Å²) in [5.74, 6) is 0.206. The van der Waals surface area contributed by atoms with Crippen LogP contribution >= 0.6 is 15.9 Å². The van der Waals surface area contributed by atoms with E-state index in [1.165, 1.54) is 7.11 Å². The van der Waals surface area contributed by atoms with Gasteiger partial charge in [-0.1, -0.05) is 20.4 Å². The molecule has 27 heavy (non-hydrogen) atoms. The third-order valence-electron chi connectivity index (χ3n) is 3.98. The Kier molecular flexibility index (Phi) is 7.12. The zero-order chi connectivity index (χ0) is 20.1. The second-order valence-electron chi connectivity index (χ2n) is 6.57. The molecule has 1 aromatic carbocycles. The quantitative estimate of drug-likeness (QED) is 0.633. The van der Waals surface area contributed by atoms with Crippen LogP contribution < -0.4 is 20.1 Å². The monoisotopic (exact) mass is 440 g/mol. The number of nitrogens with one attached hydrogen (secondary N) is 2. The summed E-state index contributed by atoms with van der Waals surface area (Å²) < 4.78 is 17.2. The van der Waals surface area contributed by atoms with E-state index in [9.17, 15) is 9.59 Å². The highest BCUT2D eigenvalue weighted by Crippen LogP contribution is 2.41. The van der Waals surface area contributed by atoms with E-state index in [4.69, 9.17) is 14.2 Å². The fourth-order valence-corrected chi connectivity index (χ4v) is 3.36. The second kappa shape index (κ2) is 9.12. The zero-order valence-corrected chi connectivity index (χ0v) is 17.5. The van der Waals surface area contributed by atoms with Gasteiger partial charge in [-0.05, 0) is 46.5 Å². The second-order valence-corrected chi connectivity index (χ2v) is 7.42. The first kappa shape index (κ1) is 21.1. The molecule has 8 heteroatoms. The van der Waals surface area contributed by atoms with Gasteiger partial charge in [0.25, 0.3) is 0 Å². The largest absolute Gasteiger partial charge is 0.490 e. The number of carbonyl (C=O) groups excluding carboxylic acids is 2. The summed E-state index contributed by atoms with van der Waals surface area (Å²) in [6.07, 6.45) is 0. The van der Waals surface area contributed by atoms with Crippen molar-refractivity contribution in [3.8, 4) is 11.5 Å². The molecular formula is C19H25BrN2O5. The first-order valence-corrected chi connectivity index (χ1v) is 9.50. The van der Waals surface area contributed by atoms with E-state index in [0.717, 1.165) is 0 Å². The van der Waals surface area contributed by atoms with Crippen molar-refractivity contribution in [1.82, 2.24) is 10.6 Å². The van der Waals surface area contributed by atoms with E-state index >= 15 is 0 Å². The van der Waals surface area contributed by atoms with Crippen LogP contribution in [-0.2, 0) is 9.53 Å². The van der Waals surface area contributed by atoms with Crippen LogP contribution in [-0.4, -0.2) is 32.3 Å². The lowest BCUT2D eigenvalue weighted by molar-refractivity contribution is -0.145. The first-order chi connectivity index (χ1) is 12.8. The average Bonchev–Trinajstić information content (AvgIpc) is 2.59. The summed E-state index contributed by atoms with van der Waals surface area (Å²) >= 11 is 3.52. The number of rotatable bonds is 7. The third-order valence-corrected chi connectivity index (χ3v) is 4.57. The molecule has 0 bridgehead atoms. The molecule has 1 aliphatic rings. The summed E-state index contributed by atoms with van der Waals surface area (Å²) in [4.78, 5) is 24.2. The van der Waals surface area contributed by atoms with E-state index in [-0.39, 0.29) is 5.70 Å². The van der Waals surface area contributed by atoms with Crippen LogP contribution in [0.2, 0.25) is 0 Å². The Bertz CT molecular complexity index is 735. The summed E-state index contributed by atoms with van der Waals surface area (Å²) in [6.45, 7) is 10.8. The van der Waals surface area contributed by atoms with Gasteiger partial charge < -0.3 is 24.8 Å². The van der Waals surface area contributed by atoms with Crippen LogP contribution in [0.5, 0.6) is 11.5 Å². The van der Waals surface area contributed by atoms with Crippen molar-refractivity contribution in [2.24, 2.45) is 11.8 Å². The summed E-state index contributed by atoms with van der Waals surface area (Å²) in [5, 5.41) is 5.30. The Morgan fingerprint density at radius 1 is 1.33 bits per heavy atom. The molecule has 148 valence electrons. The minimum atomic E-state index is -0.767. The van der Waals surface area contributed by atoms with Gasteiger partial charge in [0.2, 0.25) is 0 Å². The molecule has 0 aliphatic carbocycles. The Balaban J connectivity index is 2.47. The van der Waals surface area contributed by atoms with E-state index in [1.54, 1.807) is 12.1 Å². The maximum absolute atomic E-state index is 12.3. The van der Waals surface area contributed by atoms with Crippen molar-refractivity contribution in [1.29, 1.82) is 0 Å². The fourth-order valence-electron chi connectivity index (χ4n) is 2.79. The van der Waals surface area contributed by atoms with Gasteiger partial charge >= 0.3 is 12.0 Å². The molecule has 1 heterocycles. The van der Waals surface area contributed by atoms with Gasteiger partial charge in [0, 0.05) is 5.70 Å². The maximum atomic E-state index is 12.3. The number of amides is 2. The zero-order valence-electron chi connectivity index (χ0n) is 15.9. The number of esters is 1. The molecule has 1 fully saturated rings. The third kappa shape index (κ3) is 4.94. The smallest absolute Gasteiger partial charge is 0.319 e. The van der Waals surface area contributed by atoms with Gasteiger partial charge in [-0.3, -0.25) is 4.79 Å². The predicted octanol–water partition coefficient (Wildman–Crippen LogP) is 3.54. The average molecular weight is 441 g/mol. The topological polar surface area (TPSA) is 85.9 Å². The number of methoxy groups -OCH3 is 1. The first-order valence-electron chi connectivity index (χ1n) is 8.71. The van der Waals surface area contributed by atoms with Crippen LogP contribution in [0.3, 0.4) is 0 Å². The Morgan fingerprint density at radius 3 is 2.63 bits per heavy atom. The number of benzene rings is 1. The Hall–Kier alpha value is -2.22. The highest BCUT2D eigenvalue weighted by molar-refractivity contribution is 9.10. The van der Waals surface area contributed by atoms with Crippen molar-refractivity contribution < 1.29 is 23.8 Å². The van der Waals surface area contributed by atoms with Crippen LogP contribution in [0.15, 0.2) is 28.9 Å². The molecule has 2 N–H and O–H groups in total. The van der Waals surface area contributed by atoms with Crippen molar-refractivity contribution in [2.45, 2.75) is 26.8 Å². The standard InChI is InChI=1S/C19H25BrN2O5/c1-6-26-14-8-12(7-13(20)17(14)27-9-10(2)3)16-15(18(23)25-5)11(4)21-19(24)22-16/h7-8,10,15-16H,4,6,9H2,1-3,5H3,(H2,21,22,24)/t15-,16-/m0/s1. The summed E-state index contributed by atoms with van der Waals surface area (Å²) in [5.41, 5.74) is 0.957. The Labute approximate surface area is 167 Å². The van der Waals surface area contributed by atoms with Gasteiger partial charge in [0.05, 0.1) is 30.8 Å². The predicted molar refractivity (Wildman–Crippen MR) is 105 cm³/mol. The lowest BCUT2D eigenvalue weighted by atomic mass is 9.89. The van der Waals surface area contributed by atoms with Crippen molar-refractivity contribution in [2.75, 3.05) is 20.3 Å². The lowest BCUT2D eigenvalue weighted by Crippen LogP contribution is -2.51. The number of halogens is 1. The maximum Gasteiger partial charge on any atom is 0.319 e. The van der Waals surface area contributed by atoms with Gasteiger partial charge in [-0.25, -0.2) is 4.79 Å². The van der Waals surface area contributed by atoms with E-state index in [1.807, 2.05) is 6.92 Å². The van der Waals surface area contributed by atoms with E-state index in [2.05, 4.69) is 47.0 Å². The molecule has 0 aromatic heterocycles. The van der Waals surface area contributed by atoms with Gasteiger partial charge in [-0.2, -0.15) is 0 Å². The molecule has 2 amide bonds. The summed E-state index contributed by atoms with van der Waals surface area (Å²) in [7, 11) is 1.30. The normalized spacial score (nSPS) is 19.3. The molecule has 2 rings (SSSR count). The molecule has 2 atom stereocenters. The SMILES string of the molecule is C=C1NC(=O)N[C@@H](c2cc(Br)c(OCC(C)C)c(OCC)c2)[C@H]1C(=O)OC. The van der Waals surface area contributed by atoms with Crippen LogP contribution in [0.4, 0.5) is 4.79 Å². The van der Waals surface area contributed by atoms with Crippen LogP contribution in [0, 0.1) is 11.8 Å². The highest BCUT2D eigenvalue weighted by Gasteiger charge is 2.39. The fraction of sp³-hybridized carbons (Fsp3) is 0.474. The number of hydrogen-bond donors (Lipinski definition) is 2. The van der Waals surface area contributed by atoms with Gasteiger partial charge in [-0.15, -0.1) is 0 Å². The van der Waals surface area contributed by atoms with E-state index in [0.29, 0.717) is 40.7 Å². The molecule has 1 aromatic rings. The minimum absolute atomic E-state index is 0.282. The van der Waals surface area contributed by atoms with E-state index < -0.39 is 24.0 Å². The number of urea groups is 1. The van der Waals surface area contributed by atoms with Gasteiger partial charge in [0.1, 0.15) is 5.92 Å². The highest BCUT2D eigenvalue weighted by atomic mass is 79.9. The van der Waals surface area contributed by atoms with Crippen LogP contribution in [0.25, 0.3) is 0 Å². The molecule has 0 unspecified atom stereocenters. The molecule has 7 nitrogen and oxygen atoms in total. The number of hydrogen-bond acceptors (Lipinski definition) is 5. The Morgan fingerprint density at radius 2 is 2.04 bits per heavy atom. The molecular weight excluding hydrogens is 416 g/mol. The molecule has 1 aliphatic heterocycles. The molecule has 0 radical (unpaired) electrons. The molecule has 0 spiro atoms. The van der Waals surface area contributed by atoms with Crippen molar-refractivity contribution in [3.05, 3.63) is 34.4 Å². The van der Waals surface area contributed by atoms with Crippen LogP contribution in [0.1, 0.15) is 32.4 Å². The molecule has 1 saturated heterocycles. The van der Waals surface area contributed by atoms with Crippen molar-refractivity contribution >= 4 is 27.9 Å².